The average Bonchev–Trinajstić information content (AvgIpc) is 2.75. The topological polar surface area (TPSA) is 108 Å². The predicted octanol–water partition coefficient (Wildman–Crippen LogP) is -0.440. The standard InChI is InChI=1S/C11H18N6O2/c1-7(19)5-13-11-15-9(12-3-4-18)8-6-14-17(2)10(8)16-11/h6-7,18-19H,3-5H2,1-2H3,(H2,12,13,15,16)/t7-/m0/s1. The second-order valence-corrected chi connectivity index (χ2v) is 4.28. The maximum Gasteiger partial charge on any atom is 0.226 e. The van der Waals surface area contributed by atoms with E-state index < -0.39 is 6.10 Å². The molecule has 0 aliphatic carbocycles. The number of anilines is 2. The zero-order valence-corrected chi connectivity index (χ0v) is 11.0. The highest BCUT2D eigenvalue weighted by molar-refractivity contribution is 5.87. The largest absolute Gasteiger partial charge is 0.395 e. The molecule has 8 heteroatoms. The van der Waals surface area contributed by atoms with Crippen LogP contribution in [0, 0.1) is 0 Å². The van der Waals surface area contributed by atoms with Gasteiger partial charge in [-0.25, -0.2) is 0 Å². The van der Waals surface area contributed by atoms with E-state index in [4.69, 9.17) is 5.11 Å². The third-order valence-electron chi connectivity index (χ3n) is 2.55. The summed E-state index contributed by atoms with van der Waals surface area (Å²) in [5.74, 6) is 1.03. The minimum Gasteiger partial charge on any atom is -0.395 e. The van der Waals surface area contributed by atoms with Crippen molar-refractivity contribution in [2.75, 3.05) is 30.3 Å². The molecule has 0 amide bonds. The molecule has 0 bridgehead atoms. The minimum atomic E-state index is -0.486. The number of aryl methyl sites for hydroxylation is 1. The summed E-state index contributed by atoms with van der Waals surface area (Å²) in [6, 6.07) is 0. The zero-order chi connectivity index (χ0) is 13.8. The maximum atomic E-state index is 9.27. The fraction of sp³-hybridized carbons (Fsp3) is 0.545. The molecule has 19 heavy (non-hydrogen) atoms. The van der Waals surface area contributed by atoms with Crippen LogP contribution in [0.1, 0.15) is 6.92 Å². The highest BCUT2D eigenvalue weighted by atomic mass is 16.3. The molecule has 0 saturated carbocycles. The predicted molar refractivity (Wildman–Crippen MR) is 72.1 cm³/mol. The van der Waals surface area contributed by atoms with E-state index >= 15 is 0 Å². The van der Waals surface area contributed by atoms with Crippen molar-refractivity contribution in [3.8, 4) is 0 Å². The number of aromatic nitrogens is 4. The summed E-state index contributed by atoms with van der Waals surface area (Å²) in [5.41, 5.74) is 0.684. The molecule has 0 aromatic carbocycles. The van der Waals surface area contributed by atoms with Gasteiger partial charge in [0.05, 0.1) is 24.3 Å². The van der Waals surface area contributed by atoms with Gasteiger partial charge in [-0.05, 0) is 6.92 Å². The van der Waals surface area contributed by atoms with Crippen LogP contribution in [-0.2, 0) is 7.05 Å². The lowest BCUT2D eigenvalue weighted by molar-refractivity contribution is 0.208. The molecular weight excluding hydrogens is 248 g/mol. The second-order valence-electron chi connectivity index (χ2n) is 4.28. The van der Waals surface area contributed by atoms with Gasteiger partial charge < -0.3 is 20.8 Å². The highest BCUT2D eigenvalue weighted by Crippen LogP contribution is 2.20. The van der Waals surface area contributed by atoms with Crippen LogP contribution in [0.5, 0.6) is 0 Å². The molecular formula is C11H18N6O2. The van der Waals surface area contributed by atoms with Crippen LogP contribution in [0.3, 0.4) is 0 Å². The molecule has 0 radical (unpaired) electrons. The van der Waals surface area contributed by atoms with Gasteiger partial charge in [0.2, 0.25) is 5.95 Å². The molecule has 2 aromatic rings. The molecule has 104 valence electrons. The van der Waals surface area contributed by atoms with Gasteiger partial charge in [-0.1, -0.05) is 0 Å². The van der Waals surface area contributed by atoms with Gasteiger partial charge in [0.25, 0.3) is 0 Å². The van der Waals surface area contributed by atoms with Crippen molar-refractivity contribution >= 4 is 22.8 Å². The number of hydrogen-bond donors (Lipinski definition) is 4. The molecule has 4 N–H and O–H groups in total. The van der Waals surface area contributed by atoms with E-state index in [1.165, 1.54) is 0 Å². The minimum absolute atomic E-state index is 0.0161. The van der Waals surface area contributed by atoms with Crippen LogP contribution in [-0.4, -0.2) is 55.8 Å². The fourth-order valence-electron chi connectivity index (χ4n) is 1.65. The van der Waals surface area contributed by atoms with Crippen molar-refractivity contribution in [2.24, 2.45) is 7.05 Å². The Morgan fingerprint density at radius 3 is 2.84 bits per heavy atom. The first-order valence-corrected chi connectivity index (χ1v) is 6.08. The summed E-state index contributed by atoms with van der Waals surface area (Å²) < 4.78 is 1.65. The molecule has 0 aliphatic rings. The van der Waals surface area contributed by atoms with Gasteiger partial charge >= 0.3 is 0 Å². The van der Waals surface area contributed by atoms with E-state index in [1.54, 1.807) is 24.9 Å². The van der Waals surface area contributed by atoms with Gasteiger partial charge in [-0.2, -0.15) is 15.1 Å². The average molecular weight is 266 g/mol. The Morgan fingerprint density at radius 1 is 1.37 bits per heavy atom. The zero-order valence-electron chi connectivity index (χ0n) is 11.0. The van der Waals surface area contributed by atoms with Crippen molar-refractivity contribution in [3.63, 3.8) is 0 Å². The molecule has 1 atom stereocenters. The van der Waals surface area contributed by atoms with Gasteiger partial charge in [0.1, 0.15) is 5.82 Å². The first-order chi connectivity index (χ1) is 9.11. The normalized spacial score (nSPS) is 12.6. The first kappa shape index (κ1) is 13.5. The number of aliphatic hydroxyl groups excluding tert-OH is 2. The molecule has 8 nitrogen and oxygen atoms in total. The molecule has 2 heterocycles. The summed E-state index contributed by atoms with van der Waals surface area (Å²) in [6.07, 6.45) is 1.19. The number of fused-ring (bicyclic) bond motifs is 1. The van der Waals surface area contributed by atoms with Crippen molar-refractivity contribution in [2.45, 2.75) is 13.0 Å². The van der Waals surface area contributed by atoms with E-state index in [0.717, 1.165) is 5.39 Å². The van der Waals surface area contributed by atoms with Crippen LogP contribution in [0.2, 0.25) is 0 Å². The Hall–Kier alpha value is -1.93. The van der Waals surface area contributed by atoms with Gasteiger partial charge in [-0.3, -0.25) is 4.68 Å². The summed E-state index contributed by atoms with van der Waals surface area (Å²) in [4.78, 5) is 8.65. The summed E-state index contributed by atoms with van der Waals surface area (Å²) in [5, 5.41) is 29.0. The lowest BCUT2D eigenvalue weighted by atomic mass is 10.4. The van der Waals surface area contributed by atoms with Gasteiger partial charge in [-0.15, -0.1) is 0 Å². The quantitative estimate of drug-likeness (QED) is 0.561. The van der Waals surface area contributed by atoms with Gasteiger partial charge in [0.15, 0.2) is 5.65 Å². The van der Waals surface area contributed by atoms with Crippen molar-refractivity contribution < 1.29 is 10.2 Å². The Morgan fingerprint density at radius 2 is 2.16 bits per heavy atom. The Bertz CT molecular complexity index is 553. The van der Waals surface area contributed by atoms with Crippen LogP contribution in [0.15, 0.2) is 6.20 Å². The van der Waals surface area contributed by atoms with Crippen molar-refractivity contribution in [3.05, 3.63) is 6.20 Å². The van der Waals surface area contributed by atoms with Crippen molar-refractivity contribution in [1.82, 2.24) is 19.7 Å². The van der Waals surface area contributed by atoms with E-state index in [9.17, 15) is 5.11 Å². The lowest BCUT2D eigenvalue weighted by Gasteiger charge is -2.10. The third kappa shape index (κ3) is 3.09. The number of rotatable bonds is 6. The fourth-order valence-corrected chi connectivity index (χ4v) is 1.65. The number of hydrogen-bond acceptors (Lipinski definition) is 7. The second kappa shape index (κ2) is 5.81. The maximum absolute atomic E-state index is 9.27. The third-order valence-corrected chi connectivity index (χ3v) is 2.55. The Balaban J connectivity index is 2.34. The molecule has 0 aliphatic heterocycles. The highest BCUT2D eigenvalue weighted by Gasteiger charge is 2.11. The SMILES string of the molecule is C[C@H](O)CNc1nc(NCCO)c2cnn(C)c2n1. The van der Waals surface area contributed by atoms with Crippen LogP contribution >= 0.6 is 0 Å². The van der Waals surface area contributed by atoms with E-state index in [-0.39, 0.29) is 6.61 Å². The summed E-state index contributed by atoms with van der Waals surface area (Å²) in [6.45, 7) is 2.46. The lowest BCUT2D eigenvalue weighted by Crippen LogP contribution is -2.18. The molecule has 2 rings (SSSR count). The summed E-state index contributed by atoms with van der Waals surface area (Å²) in [7, 11) is 1.80. The summed E-state index contributed by atoms with van der Waals surface area (Å²) >= 11 is 0. The van der Waals surface area contributed by atoms with E-state index in [2.05, 4.69) is 25.7 Å². The van der Waals surface area contributed by atoms with Crippen LogP contribution in [0.25, 0.3) is 11.0 Å². The Labute approximate surface area is 110 Å². The molecule has 2 aromatic heterocycles. The monoisotopic (exact) mass is 266 g/mol. The van der Waals surface area contributed by atoms with E-state index in [0.29, 0.717) is 30.5 Å². The molecule has 0 fully saturated rings. The molecule has 0 saturated heterocycles. The van der Waals surface area contributed by atoms with Crippen LogP contribution in [0.4, 0.5) is 11.8 Å². The van der Waals surface area contributed by atoms with E-state index in [1.807, 2.05) is 0 Å². The number of aliphatic hydroxyl groups is 2. The molecule has 0 unspecified atom stereocenters. The smallest absolute Gasteiger partial charge is 0.226 e. The van der Waals surface area contributed by atoms with Gasteiger partial charge in [0, 0.05) is 20.1 Å². The number of nitrogens with zero attached hydrogens (tertiary/aromatic N) is 4. The van der Waals surface area contributed by atoms with Crippen molar-refractivity contribution in [1.29, 1.82) is 0 Å². The molecule has 0 spiro atoms. The Kier molecular flexibility index (Phi) is 4.13. The first-order valence-electron chi connectivity index (χ1n) is 6.08. The number of nitrogens with one attached hydrogen (secondary N) is 2. The van der Waals surface area contributed by atoms with Crippen LogP contribution < -0.4 is 10.6 Å².